The monoisotopic (exact) mass is 62.0 g/mol. The fourth-order valence-electron chi connectivity index (χ4n) is 0. The number of hydrogen-bond acceptors (Lipinski definition) is 1. The van der Waals surface area contributed by atoms with E-state index in [1.54, 1.807) is 0 Å². The van der Waals surface area contributed by atoms with Crippen molar-refractivity contribution in [3.63, 3.8) is 0 Å². The van der Waals surface area contributed by atoms with Crippen LogP contribution in [0.5, 0.6) is 0 Å². The minimum atomic E-state index is -0.250. The average molecular weight is 62.1 g/mol. The molecule has 0 aliphatic rings. The molecule has 0 radical (unpaired) electrons. The highest BCUT2D eigenvalue weighted by Crippen LogP contribution is 0.966. The molecule has 0 bridgehead atoms. The molecule has 26 valence electrons. The summed E-state index contributed by atoms with van der Waals surface area (Å²) < 4.78 is 0. The Bertz CT molecular complexity index is 11.5. The van der Waals surface area contributed by atoms with Crippen LogP contribution in [0.25, 0.3) is 0 Å². The van der Waals surface area contributed by atoms with Gasteiger partial charge in [-0.3, -0.25) is 4.79 Å². The van der Waals surface area contributed by atoms with Gasteiger partial charge in [-0.05, 0) is 0 Å². The van der Waals surface area contributed by atoms with E-state index in [0.717, 1.165) is 0 Å². The summed E-state index contributed by atoms with van der Waals surface area (Å²) >= 11 is 0. The van der Waals surface area contributed by atoms with E-state index >= 15 is 0 Å². The molecule has 0 aromatic carbocycles. The van der Waals surface area contributed by atoms with Crippen LogP contribution >= 0.6 is 0 Å². The molecule has 0 rings (SSSR count). The zero-order valence-electron chi connectivity index (χ0n) is 1.43. The first-order valence-corrected chi connectivity index (χ1v) is 0.494. The topological polar surface area (TPSA) is 37.3 Å². The van der Waals surface area contributed by atoms with Crippen LogP contribution in [0.3, 0.4) is 0 Å². The Balaban J connectivity index is 0. The number of carbonyl (C=O) groups is 1. The Morgan fingerprint density at radius 3 is 1.75 bits per heavy atom. The van der Waals surface area contributed by atoms with Gasteiger partial charge in [-0.2, -0.15) is 0 Å². The fourth-order valence-corrected chi connectivity index (χ4v) is 0. The molecule has 0 saturated heterocycles. The molecule has 2 nitrogen and oxygen atoms in total. The average Bonchev–Trinajstić information content (AvgIpc) is 0.918. The van der Waals surface area contributed by atoms with Crippen LogP contribution in [0.2, 0.25) is 0 Å². The Morgan fingerprint density at radius 2 is 1.75 bits per heavy atom. The summed E-state index contributed by atoms with van der Waals surface area (Å²) in [5.41, 5.74) is 0. The van der Waals surface area contributed by atoms with Crippen molar-refractivity contribution >= 4 is 6.47 Å². The fraction of sp³-hybridized carbons (Fsp3) is 0.500. The summed E-state index contributed by atoms with van der Waals surface area (Å²) in [5, 5.41) is 6.89. The highest BCUT2D eigenvalue weighted by Gasteiger charge is 1.22. The zero-order valence-corrected chi connectivity index (χ0v) is 1.43. The summed E-state index contributed by atoms with van der Waals surface area (Å²) in [4.78, 5) is 8.36. The third kappa shape index (κ3) is 1.16. The van der Waals surface area contributed by atoms with Gasteiger partial charge in [0.15, 0.2) is 0 Å². The molecule has 2 heteroatoms. The summed E-state index contributed by atoms with van der Waals surface area (Å²) in [6.07, 6.45) is 0. The lowest BCUT2D eigenvalue weighted by molar-refractivity contribution is -0.122. The molecule has 0 aromatic rings. The first-order chi connectivity index (χ1) is 1.41. The van der Waals surface area contributed by atoms with Crippen LogP contribution in [-0.2, 0) is 4.79 Å². The second-order valence-corrected chi connectivity index (χ2v) is 0.105. The predicted octanol–water partition coefficient (Wildman–Crippen LogP) is 0.337. The lowest BCUT2D eigenvalue weighted by Crippen LogP contribution is -1.49. The molecule has 0 unspecified atom stereocenters. The van der Waals surface area contributed by atoms with Gasteiger partial charge in [-0.15, -0.1) is 0 Å². The predicted molar refractivity (Wildman–Crippen MR) is 15.4 cm³/mol. The van der Waals surface area contributed by atoms with Crippen LogP contribution in [0.15, 0.2) is 0 Å². The first kappa shape index (κ1) is 9.80. The third-order valence-corrected chi connectivity index (χ3v) is 0. The molecule has 4 heavy (non-hydrogen) atoms. The maximum atomic E-state index is 8.36. The van der Waals surface area contributed by atoms with Gasteiger partial charge in [0.2, 0.25) is 0 Å². The molecular formula is C2H6O2. The summed E-state index contributed by atoms with van der Waals surface area (Å²) in [6.45, 7) is -0.250. The Hall–Kier alpha value is -0.530. The van der Waals surface area contributed by atoms with Crippen LogP contribution in [0.1, 0.15) is 7.43 Å². The van der Waals surface area contributed by atoms with Crippen molar-refractivity contribution in [2.75, 3.05) is 0 Å². The number of rotatable bonds is 0. The van der Waals surface area contributed by atoms with Crippen molar-refractivity contribution in [3.8, 4) is 0 Å². The van der Waals surface area contributed by atoms with E-state index in [-0.39, 0.29) is 13.9 Å². The van der Waals surface area contributed by atoms with Crippen molar-refractivity contribution in [3.05, 3.63) is 0 Å². The maximum Gasteiger partial charge on any atom is 0.290 e. The third-order valence-electron chi connectivity index (χ3n) is 0. The molecule has 0 atom stereocenters. The molecule has 0 aliphatic heterocycles. The summed E-state index contributed by atoms with van der Waals surface area (Å²) in [5.74, 6) is 0. The molecule has 0 aliphatic carbocycles. The van der Waals surface area contributed by atoms with E-state index in [2.05, 4.69) is 0 Å². The largest absolute Gasteiger partial charge is 0.483 e. The van der Waals surface area contributed by atoms with E-state index in [1.807, 2.05) is 0 Å². The van der Waals surface area contributed by atoms with E-state index in [9.17, 15) is 0 Å². The quantitative estimate of drug-likeness (QED) is 0.411. The summed E-state index contributed by atoms with van der Waals surface area (Å²) in [6, 6.07) is 0. The molecule has 0 spiro atoms. The van der Waals surface area contributed by atoms with Crippen molar-refractivity contribution in [1.82, 2.24) is 0 Å². The van der Waals surface area contributed by atoms with E-state index in [1.165, 1.54) is 0 Å². The standard InChI is InChI=1S/CH2O2.CH4/c2-1-3;/h1H,(H,2,3);1H4. The van der Waals surface area contributed by atoms with E-state index in [0.29, 0.717) is 0 Å². The SMILES string of the molecule is C.O=CO. The van der Waals surface area contributed by atoms with Crippen LogP contribution in [0, 0.1) is 0 Å². The van der Waals surface area contributed by atoms with Gasteiger partial charge in [0.25, 0.3) is 6.47 Å². The van der Waals surface area contributed by atoms with Crippen LogP contribution < -0.4 is 0 Å². The van der Waals surface area contributed by atoms with E-state index < -0.39 is 0 Å². The summed E-state index contributed by atoms with van der Waals surface area (Å²) in [7, 11) is 0. The van der Waals surface area contributed by atoms with Crippen molar-refractivity contribution < 1.29 is 9.90 Å². The molecular weight excluding hydrogens is 56.0 g/mol. The highest BCUT2D eigenvalue weighted by molar-refractivity contribution is 5.32. The molecule has 1 N–H and O–H groups in total. The van der Waals surface area contributed by atoms with Gasteiger partial charge in [-0.25, -0.2) is 0 Å². The van der Waals surface area contributed by atoms with E-state index in [4.69, 9.17) is 9.90 Å². The highest BCUT2D eigenvalue weighted by atomic mass is 16.3. The second kappa shape index (κ2) is 24.2. The van der Waals surface area contributed by atoms with Gasteiger partial charge in [0.1, 0.15) is 0 Å². The lowest BCUT2D eigenvalue weighted by atomic mass is 11.7. The lowest BCUT2D eigenvalue weighted by Gasteiger charge is -1.34. The van der Waals surface area contributed by atoms with Gasteiger partial charge >= 0.3 is 0 Å². The minimum absolute atomic E-state index is 0. The second-order valence-electron chi connectivity index (χ2n) is 0.105. The molecule has 0 heterocycles. The Morgan fingerprint density at radius 1 is 1.75 bits per heavy atom. The Labute approximate surface area is 25.1 Å². The van der Waals surface area contributed by atoms with Crippen molar-refractivity contribution in [2.24, 2.45) is 0 Å². The zero-order chi connectivity index (χ0) is 2.71. The molecule has 0 aromatic heterocycles. The maximum absolute atomic E-state index is 8.36. The smallest absolute Gasteiger partial charge is 0.290 e. The van der Waals surface area contributed by atoms with Gasteiger partial charge in [0, 0.05) is 0 Å². The molecule has 0 saturated carbocycles. The van der Waals surface area contributed by atoms with Crippen LogP contribution in [-0.4, -0.2) is 11.6 Å². The van der Waals surface area contributed by atoms with Gasteiger partial charge < -0.3 is 5.11 Å². The number of hydrogen-bond donors (Lipinski definition) is 1. The molecule has 0 fully saturated rings. The van der Waals surface area contributed by atoms with Crippen molar-refractivity contribution in [1.29, 1.82) is 0 Å². The minimum Gasteiger partial charge on any atom is -0.483 e. The Kier molecular flexibility index (Phi) is 59.2. The molecule has 0 amide bonds. The normalized spacial score (nSPS) is 3.00. The van der Waals surface area contributed by atoms with Crippen LogP contribution in [0.4, 0.5) is 0 Å². The van der Waals surface area contributed by atoms with Gasteiger partial charge in [-0.1, -0.05) is 7.43 Å². The van der Waals surface area contributed by atoms with Crippen molar-refractivity contribution in [2.45, 2.75) is 7.43 Å². The first-order valence-electron chi connectivity index (χ1n) is 0.494. The van der Waals surface area contributed by atoms with Gasteiger partial charge in [0.05, 0.1) is 0 Å². The number of carboxylic acid groups (broad SMARTS) is 1.